The molecular weight excluding hydrogens is 430 g/mol. The van der Waals surface area contributed by atoms with Crippen molar-refractivity contribution in [3.8, 4) is 11.3 Å². The largest absolute Gasteiger partial charge is 0.465 e. The smallest absolute Gasteiger partial charge is 0.321 e. The predicted octanol–water partition coefficient (Wildman–Crippen LogP) is 2.91. The third kappa shape index (κ3) is 5.42. The molecule has 0 spiro atoms. The van der Waals surface area contributed by atoms with E-state index in [-0.39, 0.29) is 23.5 Å². The fourth-order valence-electron chi connectivity index (χ4n) is 3.19. The van der Waals surface area contributed by atoms with Crippen LogP contribution in [0.15, 0.2) is 65.6 Å². The van der Waals surface area contributed by atoms with Gasteiger partial charge in [-0.15, -0.1) is 0 Å². The maximum atomic E-state index is 12.8. The number of nitrogens with zero attached hydrogens (tertiary/aromatic N) is 2. The fourth-order valence-corrected chi connectivity index (χ4v) is 4.30. The van der Waals surface area contributed by atoms with Crippen molar-refractivity contribution in [1.29, 1.82) is 0 Å². The van der Waals surface area contributed by atoms with Crippen molar-refractivity contribution in [1.82, 2.24) is 15.1 Å². The first-order valence-corrected chi connectivity index (χ1v) is 11.7. The van der Waals surface area contributed by atoms with Gasteiger partial charge in [0.05, 0.1) is 23.2 Å². The van der Waals surface area contributed by atoms with Gasteiger partial charge >= 0.3 is 5.97 Å². The number of aryl methyl sites for hydroxylation is 1. The molecule has 9 heteroatoms. The first-order chi connectivity index (χ1) is 15.2. The predicted molar refractivity (Wildman–Crippen MR) is 120 cm³/mol. The van der Waals surface area contributed by atoms with Crippen LogP contribution in [0.1, 0.15) is 35.9 Å². The monoisotopic (exact) mass is 455 g/mol. The molecule has 1 atom stereocenters. The lowest BCUT2D eigenvalue weighted by molar-refractivity contribution is -0.139. The zero-order valence-electron chi connectivity index (χ0n) is 18.1. The second-order valence-electron chi connectivity index (χ2n) is 7.23. The lowest BCUT2D eigenvalue weighted by Gasteiger charge is -2.15. The van der Waals surface area contributed by atoms with Crippen LogP contribution < -0.4 is 5.32 Å². The van der Waals surface area contributed by atoms with Crippen LogP contribution in [0.4, 0.5) is 0 Å². The first-order valence-electron chi connectivity index (χ1n) is 10.1. The Balaban J connectivity index is 1.70. The molecule has 0 aliphatic heterocycles. The Morgan fingerprint density at radius 2 is 1.75 bits per heavy atom. The van der Waals surface area contributed by atoms with Crippen molar-refractivity contribution < 1.29 is 22.7 Å². The van der Waals surface area contributed by atoms with Gasteiger partial charge in [-0.05, 0) is 37.6 Å². The quantitative estimate of drug-likeness (QED) is 0.524. The van der Waals surface area contributed by atoms with E-state index in [1.54, 1.807) is 39.1 Å². The van der Waals surface area contributed by atoms with E-state index in [0.29, 0.717) is 11.4 Å². The van der Waals surface area contributed by atoms with E-state index in [4.69, 9.17) is 4.74 Å². The van der Waals surface area contributed by atoms with Gasteiger partial charge in [0.25, 0.3) is 5.91 Å². The Kier molecular flexibility index (Phi) is 7.09. The molecule has 3 rings (SSSR count). The number of esters is 1. The summed E-state index contributed by atoms with van der Waals surface area (Å²) in [5.74, 6) is -1.80. The van der Waals surface area contributed by atoms with Crippen LogP contribution in [0.2, 0.25) is 0 Å². The van der Waals surface area contributed by atoms with Gasteiger partial charge in [0.2, 0.25) is 0 Å². The summed E-state index contributed by atoms with van der Waals surface area (Å²) in [6.45, 7) is 3.53. The van der Waals surface area contributed by atoms with Gasteiger partial charge in [-0.1, -0.05) is 42.5 Å². The van der Waals surface area contributed by atoms with Gasteiger partial charge in [-0.25, -0.2) is 8.42 Å². The van der Waals surface area contributed by atoms with Gasteiger partial charge in [-0.3, -0.25) is 14.3 Å². The number of carbonyl (C=O) groups is 2. The summed E-state index contributed by atoms with van der Waals surface area (Å²) in [4.78, 5) is 24.3. The molecule has 1 heterocycles. The minimum absolute atomic E-state index is 0.0203. The van der Waals surface area contributed by atoms with Crippen LogP contribution in [0.25, 0.3) is 11.3 Å². The SMILES string of the molecule is CCOC(=O)CS(=O)(=O)c1ccc(C(C)NC(=O)c2cc(-c3ccccc3)nn2C)cc1. The molecule has 32 heavy (non-hydrogen) atoms. The summed E-state index contributed by atoms with van der Waals surface area (Å²) in [5, 5.41) is 7.31. The van der Waals surface area contributed by atoms with E-state index in [0.717, 1.165) is 11.1 Å². The Hall–Kier alpha value is -3.46. The van der Waals surface area contributed by atoms with Crippen LogP contribution in [0.3, 0.4) is 0 Å². The second kappa shape index (κ2) is 9.78. The number of aromatic nitrogens is 2. The second-order valence-corrected chi connectivity index (χ2v) is 9.22. The minimum atomic E-state index is -3.79. The number of nitrogens with one attached hydrogen (secondary N) is 1. The van der Waals surface area contributed by atoms with Crippen molar-refractivity contribution in [3.05, 3.63) is 71.9 Å². The zero-order valence-corrected chi connectivity index (χ0v) is 18.9. The Labute approximate surface area is 187 Å². The van der Waals surface area contributed by atoms with Gasteiger partial charge in [0, 0.05) is 12.6 Å². The fraction of sp³-hybridized carbons (Fsp3) is 0.261. The van der Waals surface area contributed by atoms with Crippen LogP contribution >= 0.6 is 0 Å². The van der Waals surface area contributed by atoms with E-state index in [1.807, 2.05) is 30.3 Å². The lowest BCUT2D eigenvalue weighted by Crippen LogP contribution is -2.28. The topological polar surface area (TPSA) is 107 Å². The van der Waals surface area contributed by atoms with Crippen LogP contribution in [-0.2, 0) is 26.4 Å². The molecule has 168 valence electrons. The van der Waals surface area contributed by atoms with Crippen molar-refractivity contribution in [3.63, 3.8) is 0 Å². The Morgan fingerprint density at radius 1 is 1.09 bits per heavy atom. The summed E-state index contributed by atoms with van der Waals surface area (Å²) < 4.78 is 30.9. The highest BCUT2D eigenvalue weighted by molar-refractivity contribution is 7.92. The molecule has 1 amide bonds. The molecule has 1 N–H and O–H groups in total. The van der Waals surface area contributed by atoms with Crippen LogP contribution in [0.5, 0.6) is 0 Å². The molecule has 0 saturated carbocycles. The molecule has 0 aliphatic carbocycles. The zero-order chi connectivity index (χ0) is 23.3. The molecule has 0 saturated heterocycles. The Bertz CT molecular complexity index is 1200. The number of hydrogen-bond acceptors (Lipinski definition) is 6. The average Bonchev–Trinajstić information content (AvgIpc) is 3.16. The lowest BCUT2D eigenvalue weighted by atomic mass is 10.1. The normalized spacial score (nSPS) is 12.2. The summed E-state index contributed by atoms with van der Waals surface area (Å²) in [6, 6.07) is 17.0. The molecule has 1 unspecified atom stereocenters. The highest BCUT2D eigenvalue weighted by Gasteiger charge is 2.21. The number of amides is 1. The molecule has 2 aromatic carbocycles. The van der Waals surface area contributed by atoms with Crippen molar-refractivity contribution in [2.24, 2.45) is 7.05 Å². The van der Waals surface area contributed by atoms with Gasteiger partial charge in [0.1, 0.15) is 5.69 Å². The number of hydrogen-bond donors (Lipinski definition) is 1. The molecular formula is C23H25N3O5S. The maximum Gasteiger partial charge on any atom is 0.321 e. The summed E-state index contributed by atoms with van der Waals surface area (Å²) in [5.41, 5.74) is 2.74. The Morgan fingerprint density at radius 3 is 2.38 bits per heavy atom. The first kappa shape index (κ1) is 23.2. The van der Waals surface area contributed by atoms with E-state index in [9.17, 15) is 18.0 Å². The highest BCUT2D eigenvalue weighted by Crippen LogP contribution is 2.20. The maximum absolute atomic E-state index is 12.8. The molecule has 0 radical (unpaired) electrons. The highest BCUT2D eigenvalue weighted by atomic mass is 32.2. The summed E-state index contributed by atoms with van der Waals surface area (Å²) >= 11 is 0. The van der Waals surface area contributed by atoms with E-state index >= 15 is 0 Å². The van der Waals surface area contributed by atoms with Gasteiger partial charge < -0.3 is 10.1 Å². The van der Waals surface area contributed by atoms with Crippen molar-refractivity contribution in [2.75, 3.05) is 12.4 Å². The van der Waals surface area contributed by atoms with Crippen molar-refractivity contribution in [2.45, 2.75) is 24.8 Å². The third-order valence-corrected chi connectivity index (χ3v) is 6.49. The number of carbonyl (C=O) groups excluding carboxylic acids is 2. The molecule has 1 aromatic heterocycles. The van der Waals surface area contributed by atoms with E-state index in [2.05, 4.69) is 10.4 Å². The van der Waals surface area contributed by atoms with Crippen LogP contribution in [0, 0.1) is 0 Å². The number of ether oxygens (including phenoxy) is 1. The molecule has 0 bridgehead atoms. The molecule has 0 aliphatic rings. The summed E-state index contributed by atoms with van der Waals surface area (Å²) in [7, 11) is -2.09. The summed E-state index contributed by atoms with van der Waals surface area (Å²) in [6.07, 6.45) is 0. The van der Waals surface area contributed by atoms with E-state index < -0.39 is 21.6 Å². The molecule has 0 fully saturated rings. The number of sulfone groups is 1. The number of benzene rings is 2. The minimum Gasteiger partial charge on any atom is -0.465 e. The average molecular weight is 456 g/mol. The van der Waals surface area contributed by atoms with Gasteiger partial charge in [-0.2, -0.15) is 5.10 Å². The number of rotatable bonds is 8. The standard InChI is InChI=1S/C23H25N3O5S/c1-4-31-22(27)15-32(29,30)19-12-10-17(11-13-19)16(2)24-23(28)21-14-20(25-26(21)3)18-8-6-5-7-9-18/h5-14,16H,4,15H2,1-3H3,(H,24,28). The van der Waals surface area contributed by atoms with Crippen LogP contribution in [-0.4, -0.2) is 42.4 Å². The molecule has 3 aromatic rings. The van der Waals surface area contributed by atoms with Gasteiger partial charge in [0.15, 0.2) is 15.6 Å². The van der Waals surface area contributed by atoms with E-state index in [1.165, 1.54) is 16.8 Å². The third-order valence-electron chi connectivity index (χ3n) is 4.88. The molecule has 8 nitrogen and oxygen atoms in total. The van der Waals surface area contributed by atoms with Crippen molar-refractivity contribution >= 4 is 21.7 Å².